The van der Waals surface area contributed by atoms with Gasteiger partial charge in [0.1, 0.15) is 5.69 Å². The highest BCUT2D eigenvalue weighted by molar-refractivity contribution is 6.06. The predicted octanol–water partition coefficient (Wildman–Crippen LogP) is 3.82. The Bertz CT molecular complexity index is 824. The quantitative estimate of drug-likeness (QED) is 0.914. The van der Waals surface area contributed by atoms with Crippen molar-refractivity contribution in [2.75, 3.05) is 18.4 Å². The first kappa shape index (κ1) is 18.1. The van der Waals surface area contributed by atoms with Crippen LogP contribution in [0.5, 0.6) is 0 Å². The van der Waals surface area contributed by atoms with E-state index in [1.165, 1.54) is 6.20 Å². The maximum Gasteiger partial charge on any atom is 0.272 e. The Morgan fingerprint density at radius 1 is 1.12 bits per heavy atom. The summed E-state index contributed by atoms with van der Waals surface area (Å²) in [6.07, 6.45) is 3.55. The van der Waals surface area contributed by atoms with Crippen molar-refractivity contribution >= 4 is 17.5 Å². The van der Waals surface area contributed by atoms with Crippen LogP contribution in [0.2, 0.25) is 0 Å². The highest BCUT2D eigenvalue weighted by atomic mass is 16.2. The van der Waals surface area contributed by atoms with Gasteiger partial charge in [-0.15, -0.1) is 0 Å². The Morgan fingerprint density at radius 3 is 2.58 bits per heavy atom. The zero-order valence-corrected chi connectivity index (χ0v) is 15.6. The summed E-state index contributed by atoms with van der Waals surface area (Å²) in [6, 6.07) is 9.14. The smallest absolute Gasteiger partial charge is 0.272 e. The molecule has 1 fully saturated rings. The van der Waals surface area contributed by atoms with Crippen LogP contribution in [0.25, 0.3) is 0 Å². The number of anilines is 1. The fraction of sp³-hybridized carbons (Fsp3) is 0.381. The molecule has 1 aromatic heterocycles. The number of aromatic nitrogens is 1. The Labute approximate surface area is 154 Å². The van der Waals surface area contributed by atoms with E-state index >= 15 is 0 Å². The molecule has 1 N–H and O–H groups in total. The Hall–Kier alpha value is -2.69. The lowest BCUT2D eigenvalue weighted by Gasteiger charge is -2.30. The van der Waals surface area contributed by atoms with Gasteiger partial charge in [-0.2, -0.15) is 0 Å². The lowest BCUT2D eigenvalue weighted by atomic mass is 9.99. The topological polar surface area (TPSA) is 62.3 Å². The molecule has 26 heavy (non-hydrogen) atoms. The molecule has 0 atom stereocenters. The van der Waals surface area contributed by atoms with Crippen LogP contribution in [0.4, 0.5) is 5.69 Å². The molecule has 0 bridgehead atoms. The number of hydrogen-bond acceptors (Lipinski definition) is 3. The highest BCUT2D eigenvalue weighted by Crippen LogP contribution is 2.19. The molecule has 2 amide bonds. The summed E-state index contributed by atoms with van der Waals surface area (Å²) in [5, 5.41) is 2.93. The molecular weight excluding hydrogens is 326 g/mol. The van der Waals surface area contributed by atoms with Gasteiger partial charge in [0.25, 0.3) is 11.8 Å². The zero-order valence-electron chi connectivity index (χ0n) is 15.6. The Morgan fingerprint density at radius 2 is 1.85 bits per heavy atom. The van der Waals surface area contributed by atoms with Crippen molar-refractivity contribution in [1.82, 2.24) is 9.88 Å². The van der Waals surface area contributed by atoms with Crippen LogP contribution in [0.3, 0.4) is 0 Å². The van der Waals surface area contributed by atoms with E-state index in [4.69, 9.17) is 0 Å². The molecule has 0 aliphatic carbocycles. The van der Waals surface area contributed by atoms with Gasteiger partial charge in [0.05, 0.1) is 0 Å². The monoisotopic (exact) mass is 351 g/mol. The summed E-state index contributed by atoms with van der Waals surface area (Å²) in [5.41, 5.74) is 3.63. The van der Waals surface area contributed by atoms with Gasteiger partial charge in [0, 0.05) is 30.5 Å². The maximum absolute atomic E-state index is 12.7. The second-order valence-corrected chi connectivity index (χ2v) is 7.18. The Kier molecular flexibility index (Phi) is 5.35. The number of nitrogens with one attached hydrogen (secondary N) is 1. The summed E-state index contributed by atoms with van der Waals surface area (Å²) in [5.74, 6) is 0.322. The summed E-state index contributed by atoms with van der Waals surface area (Å²) < 4.78 is 0. The summed E-state index contributed by atoms with van der Waals surface area (Å²) in [6.45, 7) is 7.64. The lowest BCUT2D eigenvalue weighted by Crippen LogP contribution is -2.38. The van der Waals surface area contributed by atoms with Crippen LogP contribution >= 0.6 is 0 Å². The molecule has 0 spiro atoms. The summed E-state index contributed by atoms with van der Waals surface area (Å²) >= 11 is 0. The molecule has 5 heteroatoms. The first-order valence-corrected chi connectivity index (χ1v) is 9.08. The second kappa shape index (κ2) is 7.68. The number of rotatable bonds is 3. The minimum Gasteiger partial charge on any atom is -0.337 e. The van der Waals surface area contributed by atoms with Crippen LogP contribution in [-0.4, -0.2) is 34.8 Å². The molecule has 0 radical (unpaired) electrons. The number of likely N-dealkylation sites (tertiary alicyclic amines) is 1. The van der Waals surface area contributed by atoms with Gasteiger partial charge in [-0.05, 0) is 61.9 Å². The van der Waals surface area contributed by atoms with Crippen molar-refractivity contribution in [2.45, 2.75) is 33.6 Å². The number of carbonyl (C=O) groups excluding carboxylic acids is 2. The number of pyridine rings is 1. The van der Waals surface area contributed by atoms with Gasteiger partial charge in [-0.25, -0.2) is 0 Å². The van der Waals surface area contributed by atoms with Crippen LogP contribution in [0.1, 0.15) is 51.7 Å². The number of hydrogen-bond donors (Lipinski definition) is 1. The van der Waals surface area contributed by atoms with Crippen LogP contribution < -0.4 is 5.32 Å². The normalized spacial score (nSPS) is 15.0. The van der Waals surface area contributed by atoms with Gasteiger partial charge in [-0.3, -0.25) is 14.6 Å². The van der Waals surface area contributed by atoms with Crippen LogP contribution in [-0.2, 0) is 0 Å². The number of benzene rings is 1. The first-order chi connectivity index (χ1) is 12.4. The number of nitrogens with zero attached hydrogens (tertiary/aromatic N) is 2. The van der Waals surface area contributed by atoms with Crippen molar-refractivity contribution in [3.8, 4) is 0 Å². The fourth-order valence-electron chi connectivity index (χ4n) is 3.13. The van der Waals surface area contributed by atoms with Gasteiger partial charge < -0.3 is 10.2 Å². The number of carbonyl (C=O) groups is 2. The lowest BCUT2D eigenvalue weighted by molar-refractivity contribution is 0.0691. The van der Waals surface area contributed by atoms with Crippen LogP contribution in [0, 0.1) is 19.8 Å². The second-order valence-electron chi connectivity index (χ2n) is 7.18. The maximum atomic E-state index is 12.7. The molecular formula is C21H25N3O2. The highest BCUT2D eigenvalue weighted by Gasteiger charge is 2.23. The third kappa shape index (κ3) is 4.10. The number of amides is 2. The molecule has 1 aromatic carbocycles. The Balaban J connectivity index is 1.75. The molecule has 1 aliphatic heterocycles. The van der Waals surface area contributed by atoms with Gasteiger partial charge >= 0.3 is 0 Å². The third-order valence-corrected chi connectivity index (χ3v) is 4.95. The predicted molar refractivity (Wildman–Crippen MR) is 102 cm³/mol. The molecule has 0 unspecified atom stereocenters. The zero-order chi connectivity index (χ0) is 18.7. The molecule has 1 aliphatic rings. The van der Waals surface area contributed by atoms with Crippen molar-refractivity contribution in [3.05, 3.63) is 58.9 Å². The standard InChI is InChI=1S/C21H25N3O2/c1-14-7-10-24(11-8-14)21(26)19-13-17(6-9-22-19)20(25)23-18-12-15(2)4-5-16(18)3/h4-6,9,12-14H,7-8,10-11H2,1-3H3,(H,23,25). The largest absolute Gasteiger partial charge is 0.337 e. The molecule has 0 saturated carbocycles. The minimum atomic E-state index is -0.234. The minimum absolute atomic E-state index is 0.0988. The van der Waals surface area contributed by atoms with Crippen LogP contribution in [0.15, 0.2) is 36.5 Å². The average Bonchev–Trinajstić information content (AvgIpc) is 2.65. The van der Waals surface area contributed by atoms with E-state index in [0.717, 1.165) is 42.7 Å². The van der Waals surface area contributed by atoms with E-state index in [0.29, 0.717) is 17.2 Å². The SMILES string of the molecule is Cc1ccc(C)c(NC(=O)c2ccnc(C(=O)N3CCC(C)CC3)c2)c1. The molecule has 1 saturated heterocycles. The van der Waals surface area contributed by atoms with Crippen molar-refractivity contribution in [1.29, 1.82) is 0 Å². The van der Waals surface area contributed by atoms with E-state index in [1.807, 2.05) is 36.9 Å². The number of aryl methyl sites for hydroxylation is 2. The summed E-state index contributed by atoms with van der Waals surface area (Å²) in [7, 11) is 0. The number of piperidine rings is 1. The summed E-state index contributed by atoms with van der Waals surface area (Å²) in [4.78, 5) is 31.3. The van der Waals surface area contributed by atoms with Gasteiger partial charge in [0.15, 0.2) is 0 Å². The van der Waals surface area contributed by atoms with E-state index < -0.39 is 0 Å². The first-order valence-electron chi connectivity index (χ1n) is 9.08. The molecule has 2 aromatic rings. The van der Waals surface area contributed by atoms with Crippen molar-refractivity contribution < 1.29 is 9.59 Å². The third-order valence-electron chi connectivity index (χ3n) is 4.95. The average molecular weight is 351 g/mol. The fourth-order valence-corrected chi connectivity index (χ4v) is 3.13. The van der Waals surface area contributed by atoms with E-state index in [-0.39, 0.29) is 11.8 Å². The van der Waals surface area contributed by atoms with Crippen molar-refractivity contribution in [3.63, 3.8) is 0 Å². The van der Waals surface area contributed by atoms with Crippen molar-refractivity contribution in [2.24, 2.45) is 5.92 Å². The molecule has 5 nitrogen and oxygen atoms in total. The van der Waals surface area contributed by atoms with E-state index in [1.54, 1.807) is 12.1 Å². The molecule has 3 rings (SSSR count). The molecule has 2 heterocycles. The van der Waals surface area contributed by atoms with E-state index in [9.17, 15) is 9.59 Å². The molecule has 136 valence electrons. The van der Waals surface area contributed by atoms with Gasteiger partial charge in [-0.1, -0.05) is 19.1 Å². The van der Waals surface area contributed by atoms with Gasteiger partial charge in [0.2, 0.25) is 0 Å². The van der Waals surface area contributed by atoms with E-state index in [2.05, 4.69) is 17.2 Å².